The van der Waals surface area contributed by atoms with Crippen molar-refractivity contribution in [1.29, 1.82) is 0 Å². The second kappa shape index (κ2) is 7.79. The molecule has 2 heterocycles. The van der Waals surface area contributed by atoms with E-state index >= 15 is 0 Å². The quantitative estimate of drug-likeness (QED) is 0.738. The van der Waals surface area contributed by atoms with Gasteiger partial charge in [0.2, 0.25) is 11.8 Å². The van der Waals surface area contributed by atoms with Crippen LogP contribution in [-0.4, -0.2) is 30.9 Å². The van der Waals surface area contributed by atoms with Gasteiger partial charge in [-0.2, -0.15) is 0 Å². The highest BCUT2D eigenvalue weighted by Crippen LogP contribution is 2.29. The van der Waals surface area contributed by atoms with Crippen LogP contribution in [-0.2, 0) is 9.59 Å². The Bertz CT molecular complexity index is 865. The topological polar surface area (TPSA) is 106 Å². The minimum atomic E-state index is -0.494. The summed E-state index contributed by atoms with van der Waals surface area (Å²) in [5, 5.41) is 3.17. The number of amides is 2. The standard InChI is InChI=1S/C17H19N3O4.BrH/c1-10-7-16(22)24-14-8-11(4-5-12(10)14)20-6-2-3-13(20)17(23)19-15(21)9-18;/h4-5,7-8,13H,2-3,6,9,18H2,1H3,(H,19,21,23);1H. The van der Waals surface area contributed by atoms with Crippen molar-refractivity contribution in [2.45, 2.75) is 25.8 Å². The predicted molar refractivity (Wildman–Crippen MR) is 100 cm³/mol. The summed E-state index contributed by atoms with van der Waals surface area (Å²) in [6, 6.07) is 6.55. The zero-order valence-electron chi connectivity index (χ0n) is 13.8. The van der Waals surface area contributed by atoms with Crippen LogP contribution in [0.4, 0.5) is 5.69 Å². The number of hydrogen-bond donors (Lipinski definition) is 2. The van der Waals surface area contributed by atoms with Gasteiger partial charge in [0.1, 0.15) is 11.6 Å². The number of halogens is 1. The average Bonchev–Trinajstić information content (AvgIpc) is 3.03. The molecule has 1 aliphatic heterocycles. The minimum absolute atomic E-state index is 0. The first-order valence-corrected chi connectivity index (χ1v) is 7.84. The molecule has 0 bridgehead atoms. The molecule has 0 saturated carbocycles. The molecule has 0 radical (unpaired) electrons. The van der Waals surface area contributed by atoms with Gasteiger partial charge in [-0.15, -0.1) is 17.0 Å². The maximum atomic E-state index is 12.3. The fraction of sp³-hybridized carbons (Fsp3) is 0.353. The normalized spacial score (nSPS) is 16.6. The Labute approximate surface area is 154 Å². The third kappa shape index (κ3) is 3.91. The molecule has 8 heteroatoms. The molecular weight excluding hydrogens is 390 g/mol. The molecule has 2 aromatic rings. The number of anilines is 1. The van der Waals surface area contributed by atoms with Gasteiger partial charge in [-0.3, -0.25) is 14.9 Å². The van der Waals surface area contributed by atoms with E-state index in [4.69, 9.17) is 10.2 Å². The Hall–Kier alpha value is -2.19. The lowest BCUT2D eigenvalue weighted by Crippen LogP contribution is -2.47. The lowest BCUT2D eigenvalue weighted by Gasteiger charge is -2.25. The summed E-state index contributed by atoms with van der Waals surface area (Å²) in [7, 11) is 0. The second-order valence-electron chi connectivity index (χ2n) is 5.90. The van der Waals surface area contributed by atoms with Crippen LogP contribution in [0.2, 0.25) is 0 Å². The maximum Gasteiger partial charge on any atom is 0.336 e. The van der Waals surface area contributed by atoms with Crippen molar-refractivity contribution < 1.29 is 14.0 Å². The molecule has 1 unspecified atom stereocenters. The number of benzene rings is 1. The molecule has 3 rings (SSSR count). The van der Waals surface area contributed by atoms with Crippen molar-refractivity contribution in [1.82, 2.24) is 5.32 Å². The van der Waals surface area contributed by atoms with E-state index in [1.165, 1.54) is 6.07 Å². The molecular formula is C17H20BrN3O4. The van der Waals surface area contributed by atoms with Crippen molar-refractivity contribution in [2.24, 2.45) is 5.73 Å². The van der Waals surface area contributed by atoms with E-state index in [0.717, 1.165) is 23.1 Å². The van der Waals surface area contributed by atoms with E-state index < -0.39 is 17.6 Å². The van der Waals surface area contributed by atoms with Gasteiger partial charge in [-0.25, -0.2) is 4.79 Å². The molecule has 1 aliphatic rings. The molecule has 134 valence electrons. The van der Waals surface area contributed by atoms with E-state index in [-0.39, 0.29) is 29.4 Å². The molecule has 0 spiro atoms. The average molecular weight is 410 g/mol. The van der Waals surface area contributed by atoms with Gasteiger partial charge in [0.15, 0.2) is 0 Å². The predicted octanol–water partition coefficient (Wildman–Crippen LogP) is 1.25. The summed E-state index contributed by atoms with van der Waals surface area (Å²) in [4.78, 5) is 37.1. The van der Waals surface area contributed by atoms with Crippen molar-refractivity contribution in [2.75, 3.05) is 18.0 Å². The first-order chi connectivity index (χ1) is 11.5. The number of imide groups is 1. The highest BCUT2D eigenvalue weighted by atomic mass is 79.9. The Morgan fingerprint density at radius 2 is 2.12 bits per heavy atom. The third-order valence-corrected chi connectivity index (χ3v) is 4.27. The van der Waals surface area contributed by atoms with E-state index in [1.807, 2.05) is 24.0 Å². The zero-order valence-corrected chi connectivity index (χ0v) is 15.5. The van der Waals surface area contributed by atoms with Gasteiger partial charge in [0.25, 0.3) is 0 Å². The van der Waals surface area contributed by atoms with Gasteiger partial charge in [-0.05, 0) is 37.5 Å². The number of fused-ring (bicyclic) bond motifs is 1. The Morgan fingerprint density at radius 3 is 2.84 bits per heavy atom. The third-order valence-electron chi connectivity index (χ3n) is 4.27. The highest BCUT2D eigenvalue weighted by molar-refractivity contribution is 8.93. The van der Waals surface area contributed by atoms with Gasteiger partial charge < -0.3 is 15.1 Å². The van der Waals surface area contributed by atoms with E-state index in [1.54, 1.807) is 6.07 Å². The fourth-order valence-electron chi connectivity index (χ4n) is 3.11. The van der Waals surface area contributed by atoms with Crippen LogP contribution in [0.25, 0.3) is 11.0 Å². The SMILES string of the molecule is Br.Cc1cc(=O)oc2cc(N3CCCC3C(=O)NC(=O)CN)ccc12. The molecule has 1 saturated heterocycles. The first-order valence-electron chi connectivity index (χ1n) is 7.84. The Balaban J connectivity index is 0.00000225. The number of nitrogens with two attached hydrogens (primary N) is 1. The number of nitrogens with zero attached hydrogens (tertiary/aromatic N) is 1. The molecule has 1 aromatic heterocycles. The number of nitrogens with one attached hydrogen (secondary N) is 1. The maximum absolute atomic E-state index is 12.3. The van der Waals surface area contributed by atoms with Gasteiger partial charge in [0.05, 0.1) is 6.54 Å². The lowest BCUT2D eigenvalue weighted by atomic mass is 10.1. The van der Waals surface area contributed by atoms with Gasteiger partial charge in [0, 0.05) is 29.8 Å². The van der Waals surface area contributed by atoms with Crippen molar-refractivity contribution in [3.8, 4) is 0 Å². The Kier molecular flexibility index (Phi) is 5.97. The highest BCUT2D eigenvalue weighted by Gasteiger charge is 2.31. The van der Waals surface area contributed by atoms with Crippen LogP contribution in [0, 0.1) is 6.92 Å². The van der Waals surface area contributed by atoms with E-state index in [9.17, 15) is 14.4 Å². The van der Waals surface area contributed by atoms with Crippen LogP contribution in [0.3, 0.4) is 0 Å². The first kappa shape index (κ1) is 19.1. The van der Waals surface area contributed by atoms with Crippen LogP contribution < -0.4 is 21.6 Å². The van der Waals surface area contributed by atoms with Crippen LogP contribution >= 0.6 is 17.0 Å². The van der Waals surface area contributed by atoms with Gasteiger partial charge >= 0.3 is 5.63 Å². The van der Waals surface area contributed by atoms with Crippen molar-refractivity contribution in [3.05, 3.63) is 40.2 Å². The number of carbonyl (C=O) groups excluding carboxylic acids is 2. The van der Waals surface area contributed by atoms with E-state index in [0.29, 0.717) is 18.5 Å². The smallest absolute Gasteiger partial charge is 0.336 e. The molecule has 1 atom stereocenters. The summed E-state index contributed by atoms with van der Waals surface area (Å²) in [6.07, 6.45) is 1.49. The Morgan fingerprint density at radius 1 is 1.36 bits per heavy atom. The number of aryl methyl sites for hydroxylation is 1. The summed E-state index contributed by atoms with van der Waals surface area (Å²) in [5.74, 6) is -0.847. The summed E-state index contributed by atoms with van der Waals surface area (Å²) in [6.45, 7) is 2.32. The summed E-state index contributed by atoms with van der Waals surface area (Å²) in [5.41, 5.74) is 6.95. The second-order valence-corrected chi connectivity index (χ2v) is 5.90. The molecule has 0 aliphatic carbocycles. The molecule has 2 amide bonds. The van der Waals surface area contributed by atoms with Gasteiger partial charge in [-0.1, -0.05) is 0 Å². The molecule has 1 aromatic carbocycles. The molecule has 3 N–H and O–H groups in total. The van der Waals surface area contributed by atoms with Crippen LogP contribution in [0.15, 0.2) is 33.5 Å². The lowest BCUT2D eigenvalue weighted by molar-refractivity contribution is -0.130. The monoisotopic (exact) mass is 409 g/mol. The van der Waals surface area contributed by atoms with E-state index in [2.05, 4.69) is 5.32 Å². The van der Waals surface area contributed by atoms with Crippen LogP contribution in [0.1, 0.15) is 18.4 Å². The van der Waals surface area contributed by atoms with Crippen molar-refractivity contribution in [3.63, 3.8) is 0 Å². The zero-order chi connectivity index (χ0) is 17.3. The number of carbonyl (C=O) groups is 2. The minimum Gasteiger partial charge on any atom is -0.423 e. The molecule has 1 fully saturated rings. The molecule has 7 nitrogen and oxygen atoms in total. The fourth-order valence-corrected chi connectivity index (χ4v) is 3.11. The summed E-state index contributed by atoms with van der Waals surface area (Å²) >= 11 is 0. The number of hydrogen-bond acceptors (Lipinski definition) is 6. The molecule has 25 heavy (non-hydrogen) atoms. The van der Waals surface area contributed by atoms with Crippen LogP contribution in [0.5, 0.6) is 0 Å². The number of rotatable bonds is 3. The van der Waals surface area contributed by atoms with Crippen molar-refractivity contribution >= 4 is 45.5 Å². The summed E-state index contributed by atoms with van der Waals surface area (Å²) < 4.78 is 5.27. The largest absolute Gasteiger partial charge is 0.423 e.